The Hall–Kier alpha value is -1.65. The van der Waals surface area contributed by atoms with Crippen molar-refractivity contribution in [2.75, 3.05) is 5.73 Å². The lowest BCUT2D eigenvalue weighted by molar-refractivity contribution is 1.00. The number of hydrogen-bond acceptors (Lipinski definition) is 4. The Labute approximate surface area is 126 Å². The number of rotatable bonds is 3. The van der Waals surface area contributed by atoms with Crippen molar-refractivity contribution in [2.24, 2.45) is 0 Å². The van der Waals surface area contributed by atoms with E-state index >= 15 is 0 Å². The minimum absolute atomic E-state index is 0.558. The second-order valence-electron chi connectivity index (χ2n) is 4.62. The lowest BCUT2D eigenvalue weighted by atomic mass is 10.1. The normalized spacial score (nSPS) is 11.1. The van der Waals surface area contributed by atoms with E-state index < -0.39 is 0 Å². The predicted molar refractivity (Wildman–Crippen MR) is 85.5 cm³/mol. The molecule has 5 heteroatoms. The van der Waals surface area contributed by atoms with Gasteiger partial charge >= 0.3 is 0 Å². The summed E-state index contributed by atoms with van der Waals surface area (Å²) in [7, 11) is 0. The first-order valence-corrected chi connectivity index (χ1v) is 7.64. The van der Waals surface area contributed by atoms with Gasteiger partial charge in [0.05, 0.1) is 5.39 Å². The van der Waals surface area contributed by atoms with Gasteiger partial charge in [-0.1, -0.05) is 30.7 Å². The highest BCUT2D eigenvalue weighted by molar-refractivity contribution is 7.18. The van der Waals surface area contributed by atoms with Crippen LogP contribution in [-0.2, 0) is 12.8 Å². The summed E-state index contributed by atoms with van der Waals surface area (Å²) in [5.74, 6) is 1.30. The Balaban J connectivity index is 1.99. The molecule has 2 aromatic heterocycles. The summed E-state index contributed by atoms with van der Waals surface area (Å²) in [6, 6.07) is 9.81. The molecule has 0 aliphatic rings. The van der Waals surface area contributed by atoms with E-state index in [0.717, 1.165) is 33.0 Å². The molecule has 3 aromatic rings. The molecule has 0 aliphatic carbocycles. The quantitative estimate of drug-likeness (QED) is 0.793. The Morgan fingerprint density at radius 3 is 2.85 bits per heavy atom. The van der Waals surface area contributed by atoms with E-state index in [1.165, 1.54) is 4.88 Å². The number of nitrogen functional groups attached to an aromatic ring is 1. The molecular formula is C15H14ClN3S. The van der Waals surface area contributed by atoms with Crippen LogP contribution in [0.2, 0.25) is 5.02 Å². The van der Waals surface area contributed by atoms with E-state index in [1.54, 1.807) is 11.3 Å². The summed E-state index contributed by atoms with van der Waals surface area (Å²) in [6.45, 7) is 2.13. The molecule has 2 heterocycles. The fraction of sp³-hybridized carbons (Fsp3) is 0.200. The van der Waals surface area contributed by atoms with Gasteiger partial charge in [0, 0.05) is 16.3 Å². The van der Waals surface area contributed by atoms with Crippen LogP contribution in [0.15, 0.2) is 30.3 Å². The van der Waals surface area contributed by atoms with Crippen molar-refractivity contribution < 1.29 is 0 Å². The van der Waals surface area contributed by atoms with Crippen molar-refractivity contribution in [2.45, 2.75) is 19.8 Å². The van der Waals surface area contributed by atoms with Crippen LogP contribution in [0.1, 0.15) is 23.2 Å². The average Bonchev–Trinajstić information content (AvgIpc) is 2.82. The third-order valence-electron chi connectivity index (χ3n) is 3.12. The smallest absolute Gasteiger partial charge is 0.136 e. The van der Waals surface area contributed by atoms with Gasteiger partial charge in [-0.2, -0.15) is 0 Å². The van der Waals surface area contributed by atoms with Gasteiger partial charge in [0.25, 0.3) is 0 Å². The summed E-state index contributed by atoms with van der Waals surface area (Å²) < 4.78 is 0. The van der Waals surface area contributed by atoms with E-state index in [4.69, 9.17) is 17.3 Å². The van der Waals surface area contributed by atoms with Crippen LogP contribution in [0.25, 0.3) is 10.2 Å². The third-order valence-corrected chi connectivity index (χ3v) is 4.53. The number of anilines is 1. The number of nitrogens with two attached hydrogens (primary N) is 1. The highest BCUT2D eigenvalue weighted by Crippen LogP contribution is 2.28. The fourth-order valence-corrected chi connectivity index (χ4v) is 3.33. The highest BCUT2D eigenvalue weighted by atomic mass is 35.5. The first-order chi connectivity index (χ1) is 9.65. The molecule has 0 saturated carbocycles. The lowest BCUT2D eigenvalue weighted by Gasteiger charge is -2.03. The molecule has 0 fully saturated rings. The third kappa shape index (κ3) is 2.62. The summed E-state index contributed by atoms with van der Waals surface area (Å²) in [5, 5.41) is 1.68. The first-order valence-electron chi connectivity index (χ1n) is 6.45. The van der Waals surface area contributed by atoms with Gasteiger partial charge in [0.1, 0.15) is 16.5 Å². The molecule has 1 aromatic carbocycles. The Bertz CT molecular complexity index is 767. The fourth-order valence-electron chi connectivity index (χ4n) is 2.12. The highest BCUT2D eigenvalue weighted by Gasteiger charge is 2.09. The van der Waals surface area contributed by atoms with Crippen molar-refractivity contribution in [3.63, 3.8) is 0 Å². The van der Waals surface area contributed by atoms with Gasteiger partial charge in [-0.05, 0) is 30.2 Å². The molecule has 0 bridgehead atoms. The summed E-state index contributed by atoms with van der Waals surface area (Å²) in [6.07, 6.45) is 1.63. The zero-order valence-corrected chi connectivity index (χ0v) is 12.6. The van der Waals surface area contributed by atoms with E-state index in [9.17, 15) is 0 Å². The van der Waals surface area contributed by atoms with Gasteiger partial charge in [-0.3, -0.25) is 0 Å². The van der Waals surface area contributed by atoms with Crippen molar-refractivity contribution in [3.05, 3.63) is 51.6 Å². The maximum absolute atomic E-state index is 6.04. The van der Waals surface area contributed by atoms with Crippen LogP contribution in [-0.4, -0.2) is 9.97 Å². The van der Waals surface area contributed by atoms with E-state index in [0.29, 0.717) is 12.2 Å². The number of aromatic nitrogens is 2. The van der Waals surface area contributed by atoms with Gasteiger partial charge in [-0.25, -0.2) is 9.97 Å². The number of aryl methyl sites for hydroxylation is 1. The number of benzene rings is 1. The SMILES string of the molecule is CCc1cc2c(N)nc(Cc3cccc(Cl)c3)nc2s1. The molecule has 0 unspecified atom stereocenters. The second-order valence-corrected chi connectivity index (χ2v) is 6.17. The minimum Gasteiger partial charge on any atom is -0.383 e. The molecule has 0 atom stereocenters. The monoisotopic (exact) mass is 303 g/mol. The first kappa shape index (κ1) is 13.3. The van der Waals surface area contributed by atoms with Gasteiger partial charge in [0.15, 0.2) is 0 Å². The van der Waals surface area contributed by atoms with Gasteiger partial charge < -0.3 is 5.73 Å². The molecular weight excluding hydrogens is 290 g/mol. The Kier molecular flexibility index (Phi) is 3.59. The van der Waals surface area contributed by atoms with Crippen molar-refractivity contribution in [1.82, 2.24) is 9.97 Å². The number of nitrogens with zero attached hydrogens (tertiary/aromatic N) is 2. The van der Waals surface area contributed by atoms with Crippen LogP contribution in [0.4, 0.5) is 5.82 Å². The molecule has 2 N–H and O–H groups in total. The van der Waals surface area contributed by atoms with Crippen molar-refractivity contribution >= 4 is 39.0 Å². The number of halogens is 1. The van der Waals surface area contributed by atoms with Crippen LogP contribution >= 0.6 is 22.9 Å². The largest absolute Gasteiger partial charge is 0.383 e. The molecule has 0 aliphatic heterocycles. The maximum Gasteiger partial charge on any atom is 0.136 e. The van der Waals surface area contributed by atoms with Crippen LogP contribution in [0.3, 0.4) is 0 Å². The molecule has 0 radical (unpaired) electrons. The van der Waals surface area contributed by atoms with Gasteiger partial charge in [0.2, 0.25) is 0 Å². The summed E-state index contributed by atoms with van der Waals surface area (Å²) >= 11 is 7.68. The Morgan fingerprint density at radius 1 is 1.25 bits per heavy atom. The lowest BCUT2D eigenvalue weighted by Crippen LogP contribution is -2.00. The van der Waals surface area contributed by atoms with Crippen molar-refractivity contribution in [1.29, 1.82) is 0 Å². The number of hydrogen-bond donors (Lipinski definition) is 1. The molecule has 20 heavy (non-hydrogen) atoms. The number of thiophene rings is 1. The molecule has 0 saturated heterocycles. The zero-order valence-electron chi connectivity index (χ0n) is 11.1. The second kappa shape index (κ2) is 5.38. The van der Waals surface area contributed by atoms with Crippen LogP contribution in [0, 0.1) is 0 Å². The zero-order chi connectivity index (χ0) is 14.1. The van der Waals surface area contributed by atoms with Crippen molar-refractivity contribution in [3.8, 4) is 0 Å². The van der Waals surface area contributed by atoms with E-state index in [-0.39, 0.29) is 0 Å². The molecule has 0 amide bonds. The van der Waals surface area contributed by atoms with Gasteiger partial charge in [-0.15, -0.1) is 11.3 Å². The molecule has 3 nitrogen and oxygen atoms in total. The maximum atomic E-state index is 6.04. The van der Waals surface area contributed by atoms with Crippen LogP contribution < -0.4 is 5.73 Å². The Morgan fingerprint density at radius 2 is 2.10 bits per heavy atom. The molecule has 3 rings (SSSR count). The topological polar surface area (TPSA) is 51.8 Å². The van der Waals surface area contributed by atoms with Crippen LogP contribution in [0.5, 0.6) is 0 Å². The summed E-state index contributed by atoms with van der Waals surface area (Å²) in [5.41, 5.74) is 7.12. The summed E-state index contributed by atoms with van der Waals surface area (Å²) in [4.78, 5) is 11.3. The molecule has 102 valence electrons. The average molecular weight is 304 g/mol. The molecule has 0 spiro atoms. The van der Waals surface area contributed by atoms with E-state index in [1.807, 2.05) is 24.3 Å². The van der Waals surface area contributed by atoms with E-state index in [2.05, 4.69) is 23.0 Å². The number of fused-ring (bicyclic) bond motifs is 1. The minimum atomic E-state index is 0.558. The standard InChI is InChI=1S/C15H14ClN3S/c1-2-11-8-12-14(17)18-13(19-15(12)20-11)7-9-4-3-5-10(16)6-9/h3-6,8H,2,7H2,1H3,(H2,17,18,19). The predicted octanol–water partition coefficient (Wildman–Crippen LogP) is 4.08.